The van der Waals surface area contributed by atoms with Crippen LogP contribution in [0.2, 0.25) is 0 Å². The summed E-state index contributed by atoms with van der Waals surface area (Å²) in [6, 6.07) is 20.9. The van der Waals surface area contributed by atoms with Crippen molar-refractivity contribution in [1.29, 1.82) is 0 Å². The molecule has 0 bridgehead atoms. The number of rotatable bonds is 5. The van der Waals surface area contributed by atoms with Crippen molar-refractivity contribution in [1.82, 2.24) is 9.97 Å². The molecule has 3 nitrogen and oxygen atoms in total. The summed E-state index contributed by atoms with van der Waals surface area (Å²) in [5.41, 5.74) is -0.352. The Morgan fingerprint density at radius 1 is 0.903 bits per heavy atom. The van der Waals surface area contributed by atoms with Crippen molar-refractivity contribution in [3.63, 3.8) is 0 Å². The number of pyridine rings is 2. The van der Waals surface area contributed by atoms with Crippen LogP contribution in [0.25, 0.3) is 44.6 Å². The zero-order valence-electron chi connectivity index (χ0n) is 27.5. The van der Waals surface area contributed by atoms with Crippen molar-refractivity contribution in [3.8, 4) is 22.5 Å². The van der Waals surface area contributed by atoms with E-state index in [4.69, 9.17) is 19.5 Å². The van der Waals surface area contributed by atoms with E-state index < -0.39 is 38.8 Å². The number of nitrogens with zero attached hydrogens (tertiary/aromatic N) is 2. The van der Waals surface area contributed by atoms with E-state index in [9.17, 15) is 0 Å². The van der Waals surface area contributed by atoms with Gasteiger partial charge in [0.15, 0.2) is 0 Å². The van der Waals surface area contributed by atoms with Gasteiger partial charge in [-0.2, -0.15) is 0 Å². The van der Waals surface area contributed by atoms with E-state index in [1.54, 1.807) is 12.1 Å². The van der Waals surface area contributed by atoms with Gasteiger partial charge in [0.25, 0.3) is 0 Å². The molecule has 0 aliphatic carbocycles. The summed E-state index contributed by atoms with van der Waals surface area (Å²) >= 11 is 0. The molecular formula is C28H26N2O. The summed E-state index contributed by atoms with van der Waals surface area (Å²) in [7, 11) is 0. The van der Waals surface area contributed by atoms with E-state index in [1.165, 1.54) is 12.3 Å². The van der Waals surface area contributed by atoms with E-state index in [0.29, 0.717) is 27.9 Å². The summed E-state index contributed by atoms with van der Waals surface area (Å²) in [6.07, 6.45) is -5.70. The van der Waals surface area contributed by atoms with Crippen LogP contribution in [0.1, 0.15) is 54.0 Å². The molecule has 0 fully saturated rings. The third-order valence-corrected chi connectivity index (χ3v) is 5.39. The van der Waals surface area contributed by atoms with Crippen LogP contribution in [-0.2, 0) is 5.41 Å². The van der Waals surface area contributed by atoms with E-state index >= 15 is 0 Å². The highest BCUT2D eigenvalue weighted by Gasteiger charge is 2.23. The number of hydrogen-bond acceptors (Lipinski definition) is 3. The molecule has 3 aromatic heterocycles. The van der Waals surface area contributed by atoms with Crippen LogP contribution in [0.15, 0.2) is 83.4 Å². The Balaban J connectivity index is 1.74. The molecule has 0 saturated carbocycles. The third-order valence-electron chi connectivity index (χ3n) is 5.39. The summed E-state index contributed by atoms with van der Waals surface area (Å²) in [4.78, 5) is 9.03. The molecule has 0 spiro atoms. The summed E-state index contributed by atoms with van der Waals surface area (Å²) in [5, 5.41) is 1.42. The zero-order valence-corrected chi connectivity index (χ0v) is 16.5. The average Bonchev–Trinajstić information content (AvgIpc) is 3.31. The molecule has 0 unspecified atom stereocenters. The van der Waals surface area contributed by atoms with E-state index in [2.05, 4.69) is 9.97 Å². The second-order valence-corrected chi connectivity index (χ2v) is 7.28. The minimum atomic E-state index is -3.46. The molecule has 31 heavy (non-hydrogen) atoms. The second-order valence-electron chi connectivity index (χ2n) is 7.28. The fraction of sp³-hybridized carbons (Fsp3) is 0.214. The van der Waals surface area contributed by atoms with Gasteiger partial charge in [-0.3, -0.25) is 4.98 Å². The highest BCUT2D eigenvalue weighted by molar-refractivity contribution is 6.08. The molecule has 0 amide bonds. The summed E-state index contributed by atoms with van der Waals surface area (Å²) in [5.74, 6) is 0. The minimum Gasteiger partial charge on any atom is -0.437 e. The summed E-state index contributed by atoms with van der Waals surface area (Å²) < 4.78 is 96.0. The Kier molecular flexibility index (Phi) is 2.65. The van der Waals surface area contributed by atoms with Crippen LogP contribution in [-0.4, -0.2) is 9.97 Å². The molecule has 5 aromatic rings. The molecule has 3 heterocycles. The topological polar surface area (TPSA) is 38.9 Å². The van der Waals surface area contributed by atoms with Gasteiger partial charge in [-0.15, -0.1) is 0 Å². The van der Waals surface area contributed by atoms with Crippen molar-refractivity contribution >= 4 is 22.1 Å². The fourth-order valence-corrected chi connectivity index (χ4v) is 3.67. The molecule has 0 aliphatic heterocycles. The maximum atomic E-state index is 8.57. The number of aromatic nitrogens is 2. The van der Waals surface area contributed by atoms with Gasteiger partial charge in [0, 0.05) is 43.2 Å². The number of benzene rings is 2. The van der Waals surface area contributed by atoms with Crippen molar-refractivity contribution in [2.45, 2.75) is 38.8 Å². The van der Waals surface area contributed by atoms with Crippen LogP contribution in [0.5, 0.6) is 0 Å². The average molecular weight is 418 g/mol. The van der Waals surface area contributed by atoms with E-state index in [1.807, 2.05) is 48.5 Å². The lowest BCUT2D eigenvalue weighted by Gasteiger charge is -2.27. The normalized spacial score (nSPS) is 18.9. The van der Waals surface area contributed by atoms with Crippen LogP contribution in [0.3, 0.4) is 0 Å². The highest BCUT2D eigenvalue weighted by Crippen LogP contribution is 2.37. The Morgan fingerprint density at radius 2 is 1.77 bits per heavy atom. The lowest BCUT2D eigenvalue weighted by atomic mass is 9.78. The lowest BCUT2D eigenvalue weighted by Crippen LogP contribution is -2.19. The van der Waals surface area contributed by atoms with Crippen molar-refractivity contribution in [2.75, 3.05) is 0 Å². The zero-order chi connectivity index (χ0) is 30.7. The quantitative estimate of drug-likeness (QED) is 0.293. The van der Waals surface area contributed by atoms with Crippen LogP contribution < -0.4 is 0 Å². The molecule has 0 atom stereocenters. The highest BCUT2D eigenvalue weighted by atomic mass is 16.3. The van der Waals surface area contributed by atoms with Gasteiger partial charge in [-0.1, -0.05) is 63.1 Å². The fourth-order valence-electron chi connectivity index (χ4n) is 3.67. The predicted octanol–water partition coefficient (Wildman–Crippen LogP) is 7.79. The Labute approximate surface area is 198 Å². The van der Waals surface area contributed by atoms with Gasteiger partial charge in [0.2, 0.25) is 5.71 Å². The minimum absolute atomic E-state index is 0.154. The van der Waals surface area contributed by atoms with Gasteiger partial charge in [-0.05, 0) is 54.1 Å². The second kappa shape index (κ2) is 7.66. The van der Waals surface area contributed by atoms with Gasteiger partial charge in [0.05, 0.1) is 11.4 Å². The molecular weight excluding hydrogens is 380 g/mol. The molecule has 0 radical (unpaired) electrons. The first-order valence-corrected chi connectivity index (χ1v) is 9.71. The Hall–Kier alpha value is -3.46. The van der Waals surface area contributed by atoms with Gasteiger partial charge >= 0.3 is 0 Å². The first-order chi connectivity index (χ1) is 19.6. The van der Waals surface area contributed by atoms with Crippen molar-refractivity contribution < 1.29 is 19.5 Å². The maximum absolute atomic E-state index is 8.57. The molecule has 0 N–H and O–H groups in total. The van der Waals surface area contributed by atoms with Gasteiger partial charge in [0.1, 0.15) is 5.58 Å². The molecule has 2 aromatic carbocycles. The first-order valence-electron chi connectivity index (χ1n) is 15.4. The van der Waals surface area contributed by atoms with Crippen molar-refractivity contribution in [3.05, 3.63) is 84.6 Å². The van der Waals surface area contributed by atoms with E-state index in [0.717, 1.165) is 17.0 Å². The molecule has 0 saturated heterocycles. The van der Waals surface area contributed by atoms with Crippen LogP contribution in [0, 0.1) is 0 Å². The largest absolute Gasteiger partial charge is 0.437 e. The third kappa shape index (κ3) is 3.31. The van der Waals surface area contributed by atoms with E-state index in [-0.39, 0.29) is 11.3 Å². The molecule has 3 heteroatoms. The molecule has 154 valence electrons. The van der Waals surface area contributed by atoms with Crippen LogP contribution in [0.4, 0.5) is 0 Å². The molecule has 0 aliphatic rings. The van der Waals surface area contributed by atoms with Gasteiger partial charge in [-0.25, -0.2) is 4.98 Å². The Morgan fingerprint density at radius 3 is 2.58 bits per heavy atom. The predicted molar refractivity (Wildman–Crippen MR) is 128 cm³/mol. The maximum Gasteiger partial charge on any atom is 0.227 e. The number of furan rings is 1. The van der Waals surface area contributed by atoms with Crippen LogP contribution >= 0.6 is 0 Å². The van der Waals surface area contributed by atoms with Gasteiger partial charge < -0.3 is 4.42 Å². The number of para-hydroxylation sites is 1. The van der Waals surface area contributed by atoms with Crippen molar-refractivity contribution in [2.24, 2.45) is 0 Å². The first kappa shape index (κ1) is 10.7. The smallest absolute Gasteiger partial charge is 0.227 e. The standard InChI is InChI=1S/C28H26N2O/c1-4-28(3,5-2)20-16-17-29-25(18-20)23-13-9-12-21-22-14-15-24(19-10-7-6-8-11-19)30-27(22)31-26(21)23/h6-18H,4-5H2,1-3H3/i1D3,2D3,3D,4D2,5D2. The Bertz CT molecular complexity index is 1730. The molecule has 5 rings (SSSR count). The summed E-state index contributed by atoms with van der Waals surface area (Å²) in [6.45, 7) is -8.12. The number of hydrogen-bond donors (Lipinski definition) is 0. The monoisotopic (exact) mass is 417 g/mol. The lowest BCUT2D eigenvalue weighted by molar-refractivity contribution is 0.438. The number of fused-ring (bicyclic) bond motifs is 3. The SMILES string of the molecule is [2H]CC(c1ccnc(-c2cccc3c2oc2nc(-c4ccccc4)ccc23)c1)(C([2H])([2H])C([2H])([2H])[2H])C([2H])([2H])C([2H])([2H])[2H].